The van der Waals surface area contributed by atoms with Gasteiger partial charge in [-0.1, -0.05) is 0 Å². The quantitative estimate of drug-likeness (QED) is 0.411. The van der Waals surface area contributed by atoms with E-state index in [1.165, 1.54) is 0 Å². The maximum absolute atomic E-state index is 11.3. The largest absolute Gasteiger partial charge is 2.00 e. The molecule has 0 aliphatic rings. The van der Waals surface area contributed by atoms with Crippen LogP contribution in [0.4, 0.5) is 26.3 Å². The van der Waals surface area contributed by atoms with Crippen molar-refractivity contribution in [1.29, 1.82) is 0 Å². The molecule has 0 aromatic heterocycles. The van der Waals surface area contributed by atoms with Gasteiger partial charge in [-0.15, -0.1) is 0 Å². The van der Waals surface area contributed by atoms with Crippen LogP contribution in [0.1, 0.15) is 13.8 Å². The molecule has 4 nitrogen and oxygen atoms in total. The van der Waals surface area contributed by atoms with Gasteiger partial charge in [0.2, 0.25) is 0 Å². The number of hydrogen-bond donors (Lipinski definition) is 0. The molecule has 0 atom stereocenters. The van der Waals surface area contributed by atoms with Crippen LogP contribution >= 0.6 is 0 Å². The maximum atomic E-state index is 11.3. The first kappa shape index (κ1) is 24.5. The minimum atomic E-state index is -4.92. The van der Waals surface area contributed by atoms with Crippen LogP contribution in [0.15, 0.2) is 23.7 Å². The van der Waals surface area contributed by atoms with Crippen molar-refractivity contribution in [2.24, 2.45) is 0 Å². The molecule has 0 heterocycles. The van der Waals surface area contributed by atoms with Gasteiger partial charge in [0, 0.05) is 0 Å². The second-order valence-corrected chi connectivity index (χ2v) is 3.23. The molecule has 11 heteroatoms. The van der Waals surface area contributed by atoms with Crippen LogP contribution < -0.4 is 10.2 Å². The predicted molar refractivity (Wildman–Crippen MR) is 49.6 cm³/mol. The van der Waals surface area contributed by atoms with Gasteiger partial charge in [-0.2, -0.15) is 26.3 Å². The van der Waals surface area contributed by atoms with E-state index in [0.29, 0.717) is 0 Å². The third-order valence-electron chi connectivity index (χ3n) is 1.23. The minimum absolute atomic E-state index is 0. The fourth-order valence-electron chi connectivity index (χ4n) is 0.533. The van der Waals surface area contributed by atoms with Gasteiger partial charge in [-0.05, 0) is 37.5 Å². The van der Waals surface area contributed by atoms with E-state index in [4.69, 9.17) is 0 Å². The number of carbonyl (C=O) groups is 2. The Hall–Kier alpha value is -1.49. The summed E-state index contributed by atoms with van der Waals surface area (Å²) in [6.45, 7) is 1.76. The second-order valence-electron chi connectivity index (χ2n) is 3.23. The Balaban J connectivity index is -0.000000295. The summed E-state index contributed by atoms with van der Waals surface area (Å²) in [5, 5.41) is 19.7. The number of allylic oxidation sites excluding steroid dienone is 4. The Labute approximate surface area is 125 Å². The van der Waals surface area contributed by atoms with Gasteiger partial charge < -0.3 is 10.2 Å². The summed E-state index contributed by atoms with van der Waals surface area (Å²) >= 11 is 0. The van der Waals surface area contributed by atoms with Crippen LogP contribution in [0.3, 0.4) is 0 Å². The first-order chi connectivity index (χ1) is 8.67. The molecule has 21 heavy (non-hydrogen) atoms. The van der Waals surface area contributed by atoms with E-state index in [1.807, 2.05) is 0 Å². The van der Waals surface area contributed by atoms with Gasteiger partial charge >= 0.3 is 29.1 Å². The van der Waals surface area contributed by atoms with Crippen LogP contribution in [0.25, 0.3) is 0 Å². The Morgan fingerprint density at radius 2 is 0.952 bits per heavy atom. The summed E-state index contributed by atoms with van der Waals surface area (Å²) in [5.41, 5.74) is 0. The number of halogens is 6. The van der Waals surface area contributed by atoms with Gasteiger partial charge in [-0.25, -0.2) is 0 Å². The molecule has 1 radical (unpaired) electrons. The molecule has 0 fully saturated rings. The van der Waals surface area contributed by atoms with Crippen molar-refractivity contribution in [2.45, 2.75) is 26.2 Å². The van der Waals surface area contributed by atoms with Crippen LogP contribution in [-0.4, -0.2) is 23.9 Å². The first-order valence-corrected chi connectivity index (χ1v) is 4.61. The summed E-state index contributed by atoms with van der Waals surface area (Å²) in [6, 6.07) is 0. The zero-order chi connectivity index (χ0) is 16.7. The molecule has 0 bridgehead atoms. The van der Waals surface area contributed by atoms with Crippen molar-refractivity contribution >= 4 is 11.6 Å². The fraction of sp³-hybridized carbons (Fsp3) is 0.400. The topological polar surface area (TPSA) is 80.3 Å². The second kappa shape index (κ2) is 9.44. The molecule has 0 N–H and O–H groups in total. The molecule has 0 saturated carbocycles. The van der Waals surface area contributed by atoms with E-state index in [9.17, 15) is 46.1 Å². The molecule has 0 aliphatic heterocycles. The third-order valence-corrected chi connectivity index (χ3v) is 1.23. The minimum Gasteiger partial charge on any atom is -0.869 e. The van der Waals surface area contributed by atoms with Crippen molar-refractivity contribution < 1.29 is 62.9 Å². The number of carbonyl (C=O) groups excluding carboxylic acids is 2. The third kappa shape index (κ3) is 14.7. The van der Waals surface area contributed by atoms with Crippen LogP contribution in [0.5, 0.6) is 0 Å². The fourth-order valence-corrected chi connectivity index (χ4v) is 0.533. The van der Waals surface area contributed by atoms with E-state index in [-0.39, 0.29) is 28.9 Å². The molecule has 0 aromatic rings. The summed E-state index contributed by atoms with van der Waals surface area (Å²) in [6.07, 6.45) is -9.82. The molecule has 123 valence electrons. The molecule has 0 aliphatic carbocycles. The van der Waals surface area contributed by atoms with E-state index in [0.717, 1.165) is 13.8 Å². The molecule has 0 spiro atoms. The van der Waals surface area contributed by atoms with Gasteiger partial charge in [0.1, 0.15) is 0 Å². The van der Waals surface area contributed by atoms with E-state index in [1.54, 1.807) is 0 Å². The maximum Gasteiger partial charge on any atom is 2.00 e. The van der Waals surface area contributed by atoms with Gasteiger partial charge in [0.25, 0.3) is 0 Å². The van der Waals surface area contributed by atoms with Crippen molar-refractivity contribution in [3.05, 3.63) is 23.7 Å². The van der Waals surface area contributed by atoms with Gasteiger partial charge in [-0.3, -0.25) is 9.59 Å². The summed E-state index contributed by atoms with van der Waals surface area (Å²) in [7, 11) is 0. The summed E-state index contributed by atoms with van der Waals surface area (Å²) in [5.74, 6) is -6.02. The Morgan fingerprint density at radius 3 is 1.00 bits per heavy atom. The molecular weight excluding hydrogens is 357 g/mol. The standard InChI is InChI=1S/2C5H5F3O2.Co/c2*1-3(9)2-4(10)5(6,7)8;/h2*2,10H,1H3;/q;;+2/p-2/b2*4-2+;. The van der Waals surface area contributed by atoms with Crippen molar-refractivity contribution in [3.8, 4) is 0 Å². The van der Waals surface area contributed by atoms with E-state index in [2.05, 4.69) is 0 Å². The van der Waals surface area contributed by atoms with Crippen molar-refractivity contribution in [3.63, 3.8) is 0 Å². The predicted octanol–water partition coefficient (Wildman–Crippen LogP) is 0.761. The molecule has 0 aromatic carbocycles. The number of rotatable bonds is 2. The number of hydrogen-bond acceptors (Lipinski definition) is 4. The Morgan fingerprint density at radius 1 is 0.762 bits per heavy atom. The average molecular weight is 365 g/mol. The Kier molecular flexibility index (Phi) is 11.0. The first-order valence-electron chi connectivity index (χ1n) is 4.61. The monoisotopic (exact) mass is 365 g/mol. The molecule has 0 amide bonds. The van der Waals surface area contributed by atoms with Crippen LogP contribution in [-0.2, 0) is 26.4 Å². The average Bonchev–Trinajstić information content (AvgIpc) is 2.13. The molecule has 0 unspecified atom stereocenters. The SMILES string of the molecule is CC(=O)/C=C(/[O-])C(F)(F)F.CC(=O)/C=C(/[O-])C(F)(F)F.[Co+2]. The zero-order valence-corrected chi connectivity index (χ0v) is 11.4. The number of alkyl halides is 6. The molecule has 0 rings (SSSR count). The van der Waals surface area contributed by atoms with E-state index < -0.39 is 35.4 Å². The smallest absolute Gasteiger partial charge is 0.869 e. The normalized spacial score (nSPS) is 12.8. The van der Waals surface area contributed by atoms with Crippen molar-refractivity contribution in [1.82, 2.24) is 0 Å². The van der Waals surface area contributed by atoms with Gasteiger partial charge in [0.05, 0.1) is 0 Å². The number of ketones is 2. The van der Waals surface area contributed by atoms with E-state index >= 15 is 0 Å². The van der Waals surface area contributed by atoms with Gasteiger partial charge in [0.15, 0.2) is 11.6 Å². The summed E-state index contributed by atoms with van der Waals surface area (Å²) < 4.78 is 67.7. The Bertz CT molecular complexity index is 382. The zero-order valence-electron chi connectivity index (χ0n) is 10.4. The van der Waals surface area contributed by atoms with Crippen LogP contribution in [0, 0.1) is 0 Å². The van der Waals surface area contributed by atoms with Crippen LogP contribution in [0.2, 0.25) is 0 Å². The molecule has 0 saturated heterocycles. The molecular formula is C10H8CoF6O4. The van der Waals surface area contributed by atoms with Crippen molar-refractivity contribution in [2.75, 3.05) is 0 Å². The summed E-state index contributed by atoms with van der Waals surface area (Å²) in [4.78, 5) is 19.8.